The minimum absolute atomic E-state index is 0.0274. The molecule has 8 heteroatoms. The number of thiophene rings is 1. The van der Waals surface area contributed by atoms with E-state index in [1.54, 1.807) is 0 Å². The van der Waals surface area contributed by atoms with Crippen molar-refractivity contribution in [3.63, 3.8) is 0 Å². The average molecular weight is 533 g/mol. The number of thioether (sulfide) groups is 1. The molecule has 0 fully saturated rings. The van der Waals surface area contributed by atoms with E-state index in [2.05, 4.69) is 45.9 Å². The zero-order valence-corrected chi connectivity index (χ0v) is 23.1. The Morgan fingerprint density at radius 2 is 1.86 bits per heavy atom. The molecule has 0 radical (unpaired) electrons. The standard InChI is InChI=1S/C29H32N4O2S2/c1-29(2,3)15-26(34)31-21-10-7-11-22(14-21)36-19-27(35)32-28-24(16-30)23-12-13-33(18-25(23)37-28)17-20-8-5-4-6-9-20/h4-11,14H,12-13,15,17-19H2,1-3H3,(H,31,34)(H,32,35). The number of nitrogens with zero attached hydrogens (tertiary/aromatic N) is 2. The first-order valence-electron chi connectivity index (χ1n) is 12.3. The minimum atomic E-state index is -0.150. The normalized spacial score (nSPS) is 13.5. The fourth-order valence-corrected chi connectivity index (χ4v) is 6.31. The van der Waals surface area contributed by atoms with Gasteiger partial charge in [0.1, 0.15) is 11.1 Å². The second kappa shape index (κ2) is 12.0. The highest BCUT2D eigenvalue weighted by molar-refractivity contribution is 8.00. The van der Waals surface area contributed by atoms with Crippen LogP contribution in [0.4, 0.5) is 10.7 Å². The lowest BCUT2D eigenvalue weighted by molar-refractivity contribution is -0.118. The summed E-state index contributed by atoms with van der Waals surface area (Å²) < 4.78 is 0. The second-order valence-electron chi connectivity index (χ2n) is 10.4. The molecule has 2 N–H and O–H groups in total. The minimum Gasteiger partial charge on any atom is -0.326 e. The number of carbonyl (C=O) groups excluding carboxylic acids is 2. The molecule has 2 amide bonds. The molecule has 2 heterocycles. The smallest absolute Gasteiger partial charge is 0.235 e. The van der Waals surface area contributed by atoms with Gasteiger partial charge >= 0.3 is 0 Å². The molecule has 192 valence electrons. The number of benzene rings is 2. The topological polar surface area (TPSA) is 85.2 Å². The molecular formula is C29H32N4O2S2. The SMILES string of the molecule is CC(C)(C)CC(=O)Nc1cccc(SCC(=O)Nc2sc3c(c2C#N)CCN(Cc2ccccc2)C3)c1. The fraction of sp³-hybridized carbons (Fsp3) is 0.345. The molecule has 6 nitrogen and oxygen atoms in total. The molecule has 1 aromatic heterocycles. The molecule has 0 unspecified atom stereocenters. The molecular weight excluding hydrogens is 500 g/mol. The number of carbonyl (C=O) groups is 2. The Bertz CT molecular complexity index is 1310. The van der Waals surface area contributed by atoms with Crippen molar-refractivity contribution in [1.82, 2.24) is 4.90 Å². The van der Waals surface area contributed by atoms with E-state index in [1.807, 2.05) is 51.1 Å². The molecule has 0 bridgehead atoms. The van der Waals surface area contributed by atoms with Crippen LogP contribution < -0.4 is 10.6 Å². The number of rotatable bonds is 8. The molecule has 3 aromatic rings. The van der Waals surface area contributed by atoms with Gasteiger partial charge in [-0.15, -0.1) is 23.1 Å². The van der Waals surface area contributed by atoms with Crippen molar-refractivity contribution in [2.45, 2.75) is 51.6 Å². The van der Waals surface area contributed by atoms with Crippen LogP contribution in [0.3, 0.4) is 0 Å². The molecule has 0 aliphatic carbocycles. The van der Waals surface area contributed by atoms with Gasteiger partial charge in [0.15, 0.2) is 0 Å². The van der Waals surface area contributed by atoms with Crippen molar-refractivity contribution in [2.75, 3.05) is 22.9 Å². The monoisotopic (exact) mass is 532 g/mol. The third kappa shape index (κ3) is 7.68. The first-order valence-corrected chi connectivity index (χ1v) is 14.1. The summed E-state index contributed by atoms with van der Waals surface area (Å²) in [6, 6.07) is 20.2. The highest BCUT2D eigenvalue weighted by Gasteiger charge is 2.25. The van der Waals surface area contributed by atoms with Crippen molar-refractivity contribution in [2.24, 2.45) is 5.41 Å². The van der Waals surface area contributed by atoms with Gasteiger partial charge in [-0.05, 0) is 41.2 Å². The van der Waals surface area contributed by atoms with E-state index in [-0.39, 0.29) is 23.0 Å². The van der Waals surface area contributed by atoms with Crippen molar-refractivity contribution >= 4 is 45.6 Å². The Hall–Kier alpha value is -3.12. The Labute approximate surface area is 227 Å². The lowest BCUT2D eigenvalue weighted by Crippen LogP contribution is -2.29. The van der Waals surface area contributed by atoms with Crippen LogP contribution in [0.5, 0.6) is 0 Å². The summed E-state index contributed by atoms with van der Waals surface area (Å²) in [5.41, 5.74) is 3.57. The van der Waals surface area contributed by atoms with Crippen LogP contribution in [0.15, 0.2) is 59.5 Å². The first-order chi connectivity index (χ1) is 17.7. The van der Waals surface area contributed by atoms with Gasteiger partial charge in [-0.1, -0.05) is 57.2 Å². The van der Waals surface area contributed by atoms with Gasteiger partial charge in [0, 0.05) is 41.5 Å². The summed E-state index contributed by atoms with van der Waals surface area (Å²) >= 11 is 2.91. The maximum Gasteiger partial charge on any atom is 0.235 e. The van der Waals surface area contributed by atoms with Gasteiger partial charge in [-0.3, -0.25) is 14.5 Å². The maximum atomic E-state index is 12.8. The molecule has 0 atom stereocenters. The van der Waals surface area contributed by atoms with Crippen molar-refractivity contribution in [3.05, 3.63) is 76.2 Å². The summed E-state index contributed by atoms with van der Waals surface area (Å²) in [4.78, 5) is 29.5. The summed E-state index contributed by atoms with van der Waals surface area (Å²) in [5.74, 6) is 0.0382. The predicted octanol–water partition coefficient (Wildman–Crippen LogP) is 6.28. The third-order valence-corrected chi connectivity index (χ3v) is 8.05. The Balaban J connectivity index is 1.34. The van der Waals surface area contributed by atoms with Crippen LogP contribution in [0.2, 0.25) is 0 Å². The lowest BCUT2D eigenvalue weighted by atomic mass is 9.92. The van der Waals surface area contributed by atoms with E-state index in [0.29, 0.717) is 17.0 Å². The summed E-state index contributed by atoms with van der Waals surface area (Å²) in [6.45, 7) is 8.62. The molecule has 4 rings (SSSR count). The lowest BCUT2D eigenvalue weighted by Gasteiger charge is -2.26. The zero-order valence-electron chi connectivity index (χ0n) is 21.5. The number of nitrogens with one attached hydrogen (secondary N) is 2. The van der Waals surface area contributed by atoms with Crippen LogP contribution in [0.25, 0.3) is 0 Å². The molecule has 1 aliphatic rings. The number of anilines is 2. The van der Waals surface area contributed by atoms with Crippen molar-refractivity contribution in [1.29, 1.82) is 5.26 Å². The Morgan fingerprint density at radius 1 is 1.08 bits per heavy atom. The number of nitriles is 1. The number of amides is 2. The molecule has 37 heavy (non-hydrogen) atoms. The van der Waals surface area contributed by atoms with E-state index >= 15 is 0 Å². The second-order valence-corrected chi connectivity index (χ2v) is 12.6. The highest BCUT2D eigenvalue weighted by Crippen LogP contribution is 2.37. The quantitative estimate of drug-likeness (QED) is 0.333. The highest BCUT2D eigenvalue weighted by atomic mass is 32.2. The largest absolute Gasteiger partial charge is 0.326 e. The number of hydrogen-bond acceptors (Lipinski definition) is 6. The fourth-order valence-electron chi connectivity index (χ4n) is 4.30. The van der Waals surface area contributed by atoms with Crippen LogP contribution in [0.1, 0.15) is 48.8 Å². The summed E-state index contributed by atoms with van der Waals surface area (Å²) in [7, 11) is 0. The van der Waals surface area contributed by atoms with Crippen molar-refractivity contribution < 1.29 is 9.59 Å². The first kappa shape index (κ1) is 26.9. The van der Waals surface area contributed by atoms with Crippen molar-refractivity contribution in [3.8, 4) is 6.07 Å². The van der Waals surface area contributed by atoms with Crippen LogP contribution in [-0.2, 0) is 29.1 Å². The van der Waals surface area contributed by atoms with E-state index in [0.717, 1.165) is 47.1 Å². The van der Waals surface area contributed by atoms with Gasteiger partial charge in [-0.25, -0.2) is 0 Å². The van der Waals surface area contributed by atoms with Gasteiger partial charge in [0.05, 0.1) is 11.3 Å². The van der Waals surface area contributed by atoms with E-state index in [1.165, 1.54) is 28.7 Å². The van der Waals surface area contributed by atoms with E-state index in [9.17, 15) is 14.9 Å². The Kier molecular flexibility index (Phi) is 8.70. The van der Waals surface area contributed by atoms with E-state index < -0.39 is 0 Å². The van der Waals surface area contributed by atoms with Gasteiger partial charge in [0.25, 0.3) is 0 Å². The zero-order chi connectivity index (χ0) is 26.4. The van der Waals surface area contributed by atoms with Crippen LogP contribution in [0, 0.1) is 16.7 Å². The molecule has 0 spiro atoms. The van der Waals surface area contributed by atoms with Gasteiger partial charge in [0.2, 0.25) is 11.8 Å². The van der Waals surface area contributed by atoms with Crippen LogP contribution >= 0.6 is 23.1 Å². The third-order valence-electron chi connectivity index (χ3n) is 5.93. The van der Waals surface area contributed by atoms with E-state index in [4.69, 9.17) is 0 Å². The molecule has 1 aliphatic heterocycles. The molecule has 0 saturated carbocycles. The predicted molar refractivity (Wildman–Crippen MR) is 152 cm³/mol. The van der Waals surface area contributed by atoms with Crippen LogP contribution in [-0.4, -0.2) is 29.0 Å². The summed E-state index contributed by atoms with van der Waals surface area (Å²) in [5, 5.41) is 16.4. The molecule has 0 saturated heterocycles. The average Bonchev–Trinajstić information content (AvgIpc) is 3.18. The number of fused-ring (bicyclic) bond motifs is 1. The number of hydrogen-bond donors (Lipinski definition) is 2. The van der Waals surface area contributed by atoms with Gasteiger partial charge < -0.3 is 10.6 Å². The molecule has 2 aromatic carbocycles. The van der Waals surface area contributed by atoms with Gasteiger partial charge in [-0.2, -0.15) is 5.26 Å². The Morgan fingerprint density at radius 3 is 2.59 bits per heavy atom. The maximum absolute atomic E-state index is 12.8. The summed E-state index contributed by atoms with van der Waals surface area (Å²) in [6.07, 6.45) is 1.24.